The SMILES string of the molecule is Oc1ccc(CN[C@H]2CCC(C(c3ccccc3)c3ccccc3)OC2)cc1. The Morgan fingerprint density at radius 3 is 1.96 bits per heavy atom. The van der Waals surface area contributed by atoms with Crippen LogP contribution in [0.2, 0.25) is 0 Å². The number of benzene rings is 3. The maximum Gasteiger partial charge on any atom is 0.115 e. The first-order valence-corrected chi connectivity index (χ1v) is 10.0. The molecule has 0 saturated carbocycles. The molecular formula is C25H27NO2. The molecule has 4 rings (SSSR count). The normalized spacial score (nSPS) is 19.6. The average Bonchev–Trinajstić information content (AvgIpc) is 2.76. The van der Waals surface area contributed by atoms with Gasteiger partial charge in [-0.15, -0.1) is 0 Å². The number of nitrogens with one attached hydrogen (secondary N) is 1. The van der Waals surface area contributed by atoms with Crippen molar-refractivity contribution in [3.63, 3.8) is 0 Å². The average molecular weight is 373 g/mol. The van der Waals surface area contributed by atoms with Crippen molar-refractivity contribution in [2.75, 3.05) is 6.61 Å². The smallest absolute Gasteiger partial charge is 0.115 e. The Morgan fingerprint density at radius 2 is 1.43 bits per heavy atom. The minimum atomic E-state index is 0.191. The van der Waals surface area contributed by atoms with Crippen LogP contribution >= 0.6 is 0 Å². The van der Waals surface area contributed by atoms with Crippen LogP contribution in [0.1, 0.15) is 35.4 Å². The van der Waals surface area contributed by atoms with Crippen LogP contribution in [0.4, 0.5) is 0 Å². The summed E-state index contributed by atoms with van der Waals surface area (Å²) in [6.45, 7) is 1.51. The fraction of sp³-hybridized carbons (Fsp3) is 0.280. The summed E-state index contributed by atoms with van der Waals surface area (Å²) in [5.41, 5.74) is 3.80. The second-order valence-electron chi connectivity index (χ2n) is 7.49. The van der Waals surface area contributed by atoms with Gasteiger partial charge in [-0.2, -0.15) is 0 Å². The molecule has 1 fully saturated rings. The summed E-state index contributed by atoms with van der Waals surface area (Å²) in [5.74, 6) is 0.570. The first-order valence-electron chi connectivity index (χ1n) is 10.0. The Bertz CT molecular complexity index is 801. The molecular weight excluding hydrogens is 346 g/mol. The lowest BCUT2D eigenvalue weighted by molar-refractivity contribution is -0.0116. The van der Waals surface area contributed by atoms with Gasteiger partial charge in [-0.05, 0) is 41.7 Å². The zero-order valence-corrected chi connectivity index (χ0v) is 16.0. The summed E-state index contributed by atoms with van der Waals surface area (Å²) >= 11 is 0. The number of hydrogen-bond acceptors (Lipinski definition) is 3. The van der Waals surface area contributed by atoms with Gasteiger partial charge in [0.2, 0.25) is 0 Å². The molecule has 28 heavy (non-hydrogen) atoms. The Kier molecular flexibility index (Phi) is 6.05. The lowest BCUT2D eigenvalue weighted by Gasteiger charge is -2.35. The first kappa shape index (κ1) is 18.7. The van der Waals surface area contributed by atoms with Crippen LogP contribution in [0.25, 0.3) is 0 Å². The third kappa shape index (κ3) is 4.61. The molecule has 0 amide bonds. The minimum Gasteiger partial charge on any atom is -0.508 e. The largest absolute Gasteiger partial charge is 0.508 e. The molecule has 0 aliphatic carbocycles. The number of phenols is 1. The number of hydrogen-bond donors (Lipinski definition) is 2. The van der Waals surface area contributed by atoms with Crippen LogP contribution < -0.4 is 5.32 Å². The molecule has 1 saturated heterocycles. The molecule has 0 bridgehead atoms. The second-order valence-corrected chi connectivity index (χ2v) is 7.49. The van der Waals surface area contributed by atoms with Crippen molar-refractivity contribution in [2.24, 2.45) is 0 Å². The monoisotopic (exact) mass is 373 g/mol. The number of rotatable bonds is 6. The molecule has 1 aliphatic heterocycles. The van der Waals surface area contributed by atoms with Crippen molar-refractivity contribution in [3.05, 3.63) is 102 Å². The van der Waals surface area contributed by atoms with Gasteiger partial charge in [0, 0.05) is 18.5 Å². The zero-order chi connectivity index (χ0) is 19.2. The fourth-order valence-electron chi connectivity index (χ4n) is 4.01. The van der Waals surface area contributed by atoms with E-state index in [-0.39, 0.29) is 12.0 Å². The van der Waals surface area contributed by atoms with Crippen LogP contribution in [0.3, 0.4) is 0 Å². The standard InChI is InChI=1S/C25H27NO2/c27-23-14-11-19(12-15-23)17-26-22-13-16-24(28-18-22)25(20-7-3-1-4-8-20)21-9-5-2-6-10-21/h1-12,14-15,22,24-27H,13,16-18H2/t22-,24?/m0/s1. The summed E-state index contributed by atoms with van der Waals surface area (Å²) in [6, 6.07) is 29.1. The van der Waals surface area contributed by atoms with Crippen molar-refractivity contribution in [1.29, 1.82) is 0 Å². The maximum absolute atomic E-state index is 9.40. The van der Waals surface area contributed by atoms with Crippen LogP contribution in [0, 0.1) is 0 Å². The molecule has 3 aromatic carbocycles. The van der Waals surface area contributed by atoms with Gasteiger partial charge < -0.3 is 15.2 Å². The Hall–Kier alpha value is -2.62. The zero-order valence-electron chi connectivity index (χ0n) is 16.0. The quantitative estimate of drug-likeness (QED) is 0.648. The third-order valence-electron chi connectivity index (χ3n) is 5.53. The molecule has 3 aromatic rings. The summed E-state index contributed by atoms with van der Waals surface area (Å²) < 4.78 is 6.37. The molecule has 2 N–H and O–H groups in total. The van der Waals surface area contributed by atoms with E-state index in [0.29, 0.717) is 11.8 Å². The summed E-state index contributed by atoms with van der Waals surface area (Å²) in [7, 11) is 0. The van der Waals surface area contributed by atoms with Crippen LogP contribution in [0.5, 0.6) is 5.75 Å². The Labute approximate surface area is 167 Å². The molecule has 1 aliphatic rings. The van der Waals surface area contributed by atoms with Gasteiger partial charge in [0.25, 0.3) is 0 Å². The topological polar surface area (TPSA) is 41.5 Å². The molecule has 0 radical (unpaired) electrons. The lowest BCUT2D eigenvalue weighted by Crippen LogP contribution is -2.41. The van der Waals surface area contributed by atoms with Crippen molar-refractivity contribution >= 4 is 0 Å². The van der Waals surface area contributed by atoms with Gasteiger partial charge in [0.1, 0.15) is 5.75 Å². The summed E-state index contributed by atoms with van der Waals surface area (Å²) in [6.07, 6.45) is 2.32. The highest BCUT2D eigenvalue weighted by Gasteiger charge is 2.30. The van der Waals surface area contributed by atoms with E-state index in [0.717, 1.165) is 26.0 Å². The second kappa shape index (κ2) is 9.05. The molecule has 1 unspecified atom stereocenters. The van der Waals surface area contributed by atoms with Gasteiger partial charge in [-0.25, -0.2) is 0 Å². The molecule has 0 aromatic heterocycles. The van der Waals surface area contributed by atoms with E-state index in [1.807, 2.05) is 12.1 Å². The van der Waals surface area contributed by atoms with E-state index in [9.17, 15) is 5.11 Å². The minimum absolute atomic E-state index is 0.191. The number of ether oxygens (including phenoxy) is 1. The van der Waals surface area contributed by atoms with Gasteiger partial charge in [0.15, 0.2) is 0 Å². The number of aromatic hydroxyl groups is 1. The van der Waals surface area contributed by atoms with Crippen molar-refractivity contribution in [2.45, 2.75) is 37.5 Å². The maximum atomic E-state index is 9.40. The predicted molar refractivity (Wildman–Crippen MR) is 112 cm³/mol. The Balaban J connectivity index is 1.40. The molecule has 0 spiro atoms. The van der Waals surface area contributed by atoms with Crippen molar-refractivity contribution in [3.8, 4) is 5.75 Å². The fourth-order valence-corrected chi connectivity index (χ4v) is 4.01. The Morgan fingerprint density at radius 1 is 0.821 bits per heavy atom. The van der Waals surface area contributed by atoms with Gasteiger partial charge in [-0.3, -0.25) is 0 Å². The van der Waals surface area contributed by atoms with Crippen LogP contribution in [0.15, 0.2) is 84.9 Å². The lowest BCUT2D eigenvalue weighted by atomic mass is 9.83. The van der Waals surface area contributed by atoms with E-state index in [1.54, 1.807) is 12.1 Å². The highest BCUT2D eigenvalue weighted by Crippen LogP contribution is 2.34. The highest BCUT2D eigenvalue weighted by molar-refractivity contribution is 5.34. The van der Waals surface area contributed by atoms with Gasteiger partial charge >= 0.3 is 0 Å². The van der Waals surface area contributed by atoms with Gasteiger partial charge in [-0.1, -0.05) is 72.8 Å². The van der Waals surface area contributed by atoms with E-state index in [2.05, 4.69) is 66.0 Å². The molecule has 3 heteroatoms. The van der Waals surface area contributed by atoms with E-state index >= 15 is 0 Å². The number of phenolic OH excluding ortho intramolecular Hbond substituents is 1. The van der Waals surface area contributed by atoms with Gasteiger partial charge in [0.05, 0.1) is 12.7 Å². The molecule has 2 atom stereocenters. The van der Waals surface area contributed by atoms with Crippen LogP contribution in [-0.4, -0.2) is 23.9 Å². The van der Waals surface area contributed by atoms with E-state index in [4.69, 9.17) is 4.74 Å². The van der Waals surface area contributed by atoms with Crippen molar-refractivity contribution in [1.82, 2.24) is 5.32 Å². The highest BCUT2D eigenvalue weighted by atomic mass is 16.5. The van der Waals surface area contributed by atoms with Crippen LogP contribution in [-0.2, 0) is 11.3 Å². The first-order chi connectivity index (χ1) is 13.8. The summed E-state index contributed by atoms with van der Waals surface area (Å²) in [4.78, 5) is 0. The third-order valence-corrected chi connectivity index (χ3v) is 5.53. The summed E-state index contributed by atoms with van der Waals surface area (Å²) in [5, 5.41) is 13.0. The molecule has 1 heterocycles. The van der Waals surface area contributed by atoms with E-state index in [1.165, 1.54) is 16.7 Å². The predicted octanol–water partition coefficient (Wildman–Crippen LogP) is 4.86. The van der Waals surface area contributed by atoms with Crippen molar-refractivity contribution < 1.29 is 9.84 Å². The van der Waals surface area contributed by atoms with E-state index < -0.39 is 0 Å². The molecule has 3 nitrogen and oxygen atoms in total. The molecule has 144 valence electrons.